The van der Waals surface area contributed by atoms with Crippen LogP contribution in [-0.2, 0) is 9.53 Å². The first-order valence-electron chi connectivity index (χ1n) is 15.3. The Morgan fingerprint density at radius 3 is 2.35 bits per heavy atom. The van der Waals surface area contributed by atoms with E-state index in [1.807, 2.05) is 0 Å². The standard InChI is InChI=1S/C32H34ClF8N7O3/c1-6-19(31(36,37)38)9-7-17(2)30(15-28(3,4)5)25(49)47(26(42)45-30)22(14-51-27(50)46-29(11-12-29)32(39,40)41)18-8-10-20(33)21(13-18)48-24(23(34)35)43-16-44-48/h6-10,13,16,22-23H,2,11-12,14-15H2,1,3-5H3,(H2,42,45)(H,46,50)/b9-7-,19-6+/t22-,30-/m1/s1. The highest BCUT2D eigenvalue weighted by Crippen LogP contribution is 2.49. The lowest BCUT2D eigenvalue weighted by molar-refractivity contribution is -0.164. The van der Waals surface area contributed by atoms with E-state index in [1.54, 1.807) is 26.1 Å². The van der Waals surface area contributed by atoms with Crippen molar-refractivity contribution in [2.24, 2.45) is 5.41 Å². The topological polar surface area (TPSA) is 125 Å². The third kappa shape index (κ3) is 8.20. The van der Waals surface area contributed by atoms with E-state index in [-0.39, 0.29) is 28.3 Å². The minimum atomic E-state index is -4.78. The first-order valence-corrected chi connectivity index (χ1v) is 15.6. The fourth-order valence-corrected chi connectivity index (χ4v) is 5.85. The van der Waals surface area contributed by atoms with Crippen molar-refractivity contribution in [2.75, 3.05) is 6.61 Å². The molecule has 278 valence electrons. The molecule has 1 aromatic carbocycles. The Balaban J connectivity index is 1.80. The average Bonchev–Trinajstić information content (AvgIpc) is 3.54. The highest BCUT2D eigenvalue weighted by molar-refractivity contribution is 6.32. The lowest BCUT2D eigenvalue weighted by atomic mass is 9.75. The first-order chi connectivity index (χ1) is 23.5. The second kappa shape index (κ2) is 13.9. The summed E-state index contributed by atoms with van der Waals surface area (Å²) in [6.07, 6.45) is -11.7. The predicted molar refractivity (Wildman–Crippen MR) is 169 cm³/mol. The van der Waals surface area contributed by atoms with Crippen molar-refractivity contribution < 1.29 is 49.4 Å². The van der Waals surface area contributed by atoms with Crippen LogP contribution in [0.25, 0.3) is 5.69 Å². The number of carbonyl (C=O) groups excluding carboxylic acids is 2. The lowest BCUT2D eigenvalue weighted by Gasteiger charge is -2.35. The highest BCUT2D eigenvalue weighted by atomic mass is 35.5. The van der Waals surface area contributed by atoms with Crippen molar-refractivity contribution in [3.05, 3.63) is 76.9 Å². The molecular formula is C32H34ClF8N7O3. The zero-order valence-electron chi connectivity index (χ0n) is 27.6. The maximum absolute atomic E-state index is 14.6. The number of carbonyl (C=O) groups is 2. The van der Waals surface area contributed by atoms with E-state index in [1.165, 1.54) is 25.1 Å². The van der Waals surface area contributed by atoms with Gasteiger partial charge in [-0.1, -0.05) is 63.2 Å². The molecule has 2 atom stereocenters. The fourth-order valence-electron chi connectivity index (χ4n) is 5.65. The predicted octanol–water partition coefficient (Wildman–Crippen LogP) is 7.88. The largest absolute Gasteiger partial charge is 0.447 e. The number of ether oxygens (including phenoxy) is 1. The zero-order valence-corrected chi connectivity index (χ0v) is 28.4. The van der Waals surface area contributed by atoms with Gasteiger partial charge in [-0.05, 0) is 54.9 Å². The van der Waals surface area contributed by atoms with Crippen LogP contribution in [-0.4, -0.2) is 67.7 Å². The molecule has 1 aliphatic heterocycles. The number of alkyl carbamates (subject to hydrolysis) is 1. The molecule has 0 spiro atoms. The van der Waals surface area contributed by atoms with Crippen molar-refractivity contribution in [1.29, 1.82) is 5.41 Å². The summed E-state index contributed by atoms with van der Waals surface area (Å²) in [6, 6.07) is 2.19. The van der Waals surface area contributed by atoms with Crippen LogP contribution < -0.4 is 10.6 Å². The molecule has 2 amide bonds. The highest BCUT2D eigenvalue weighted by Gasteiger charge is 2.64. The van der Waals surface area contributed by atoms with Crippen LogP contribution in [0, 0.1) is 10.8 Å². The fraction of sp³-hybridized carbons (Fsp3) is 0.469. The summed E-state index contributed by atoms with van der Waals surface area (Å²) in [4.78, 5) is 31.6. The Bertz CT molecular complexity index is 1760. The Hall–Kier alpha value is -4.48. The second-order valence-electron chi connectivity index (χ2n) is 13.3. The monoisotopic (exact) mass is 751 g/mol. The summed E-state index contributed by atoms with van der Waals surface area (Å²) in [5, 5.41) is 17.1. The Morgan fingerprint density at radius 2 is 1.82 bits per heavy atom. The molecular weight excluding hydrogens is 718 g/mol. The molecule has 1 saturated heterocycles. The van der Waals surface area contributed by atoms with E-state index in [2.05, 4.69) is 22.0 Å². The van der Waals surface area contributed by atoms with Gasteiger partial charge in [-0.3, -0.25) is 15.1 Å². The normalized spacial score (nSPS) is 20.2. The van der Waals surface area contributed by atoms with Gasteiger partial charge in [0.1, 0.15) is 24.0 Å². The van der Waals surface area contributed by atoms with Crippen molar-refractivity contribution in [3.63, 3.8) is 0 Å². The van der Waals surface area contributed by atoms with E-state index in [0.717, 1.165) is 29.5 Å². The number of alkyl halides is 8. The number of halogens is 9. The molecule has 2 aromatic rings. The van der Waals surface area contributed by atoms with Crippen molar-refractivity contribution in [1.82, 2.24) is 30.3 Å². The quantitative estimate of drug-likeness (QED) is 0.159. The molecule has 2 fully saturated rings. The summed E-state index contributed by atoms with van der Waals surface area (Å²) < 4.78 is 115. The molecule has 0 radical (unpaired) electrons. The third-order valence-corrected chi connectivity index (χ3v) is 8.59. The van der Waals surface area contributed by atoms with Gasteiger partial charge in [0.05, 0.1) is 22.3 Å². The Labute approximate surface area is 292 Å². The number of benzene rings is 1. The van der Waals surface area contributed by atoms with Gasteiger partial charge in [-0.2, -0.15) is 31.4 Å². The Kier molecular flexibility index (Phi) is 10.7. The molecule has 19 heteroatoms. The molecule has 10 nitrogen and oxygen atoms in total. The van der Waals surface area contributed by atoms with E-state index < -0.39 is 90.1 Å². The van der Waals surface area contributed by atoms with Gasteiger partial charge >= 0.3 is 18.4 Å². The van der Waals surface area contributed by atoms with Crippen LogP contribution in [0.2, 0.25) is 5.02 Å². The SMILES string of the molecule is C=C(/C=C\C(=C/C)C(F)(F)F)[C@@]1(CC(C)(C)C)NC(=N)N([C@H](COC(=O)NC2(C(F)(F)F)CC2)c2ccc(Cl)c(-n3ncnc3C(F)F)c2)C1=O. The number of guanidine groups is 1. The van der Waals surface area contributed by atoms with Gasteiger partial charge < -0.3 is 15.4 Å². The average molecular weight is 752 g/mol. The third-order valence-electron chi connectivity index (χ3n) is 8.27. The van der Waals surface area contributed by atoms with Crippen LogP contribution in [0.1, 0.15) is 70.8 Å². The molecule has 0 bridgehead atoms. The van der Waals surface area contributed by atoms with Crippen LogP contribution in [0.5, 0.6) is 0 Å². The summed E-state index contributed by atoms with van der Waals surface area (Å²) in [6.45, 7) is 9.34. The number of nitrogens with zero attached hydrogens (tertiary/aromatic N) is 4. The van der Waals surface area contributed by atoms with Gasteiger partial charge in [0.15, 0.2) is 11.8 Å². The van der Waals surface area contributed by atoms with Gasteiger partial charge in [0.25, 0.3) is 12.3 Å². The van der Waals surface area contributed by atoms with Crippen LogP contribution in [0.15, 0.2) is 60.5 Å². The Morgan fingerprint density at radius 1 is 1.18 bits per heavy atom. The van der Waals surface area contributed by atoms with Crippen LogP contribution in [0.3, 0.4) is 0 Å². The zero-order chi connectivity index (χ0) is 38.3. The van der Waals surface area contributed by atoms with E-state index >= 15 is 0 Å². The lowest BCUT2D eigenvalue weighted by Crippen LogP contribution is -2.51. The maximum atomic E-state index is 14.6. The molecule has 2 aliphatic rings. The minimum absolute atomic E-state index is 0.00393. The second-order valence-corrected chi connectivity index (χ2v) is 13.7. The van der Waals surface area contributed by atoms with Crippen molar-refractivity contribution in [2.45, 2.75) is 82.9 Å². The number of hydrogen-bond donors (Lipinski definition) is 3. The molecule has 1 aromatic heterocycles. The van der Waals surface area contributed by atoms with Gasteiger partial charge in [0.2, 0.25) is 0 Å². The number of hydrogen-bond acceptors (Lipinski definition) is 6. The van der Waals surface area contributed by atoms with Crippen molar-refractivity contribution in [3.8, 4) is 5.69 Å². The number of rotatable bonds is 11. The van der Waals surface area contributed by atoms with E-state index in [0.29, 0.717) is 4.68 Å². The van der Waals surface area contributed by atoms with Crippen LogP contribution in [0.4, 0.5) is 39.9 Å². The summed E-state index contributed by atoms with van der Waals surface area (Å²) in [5.41, 5.74) is -6.55. The van der Waals surface area contributed by atoms with E-state index in [4.69, 9.17) is 21.7 Å². The first kappa shape index (κ1) is 39.3. The molecule has 3 N–H and O–H groups in total. The smallest absolute Gasteiger partial charge is 0.416 e. The summed E-state index contributed by atoms with van der Waals surface area (Å²) in [7, 11) is 0. The molecule has 4 rings (SSSR count). The van der Waals surface area contributed by atoms with E-state index in [9.17, 15) is 44.7 Å². The van der Waals surface area contributed by atoms with Gasteiger partial charge in [0, 0.05) is 0 Å². The minimum Gasteiger partial charge on any atom is -0.447 e. The molecule has 2 heterocycles. The number of allylic oxidation sites excluding steroid dienone is 3. The number of aromatic nitrogens is 3. The number of nitrogens with one attached hydrogen (secondary N) is 3. The number of amides is 2. The molecule has 1 aliphatic carbocycles. The van der Waals surface area contributed by atoms with Gasteiger partial charge in [-0.15, -0.1) is 0 Å². The van der Waals surface area contributed by atoms with Gasteiger partial charge in [-0.25, -0.2) is 23.2 Å². The maximum Gasteiger partial charge on any atom is 0.416 e. The van der Waals surface area contributed by atoms with Crippen LogP contribution >= 0.6 is 11.6 Å². The van der Waals surface area contributed by atoms with Crippen molar-refractivity contribution >= 4 is 29.6 Å². The summed E-state index contributed by atoms with van der Waals surface area (Å²) >= 11 is 6.33. The molecule has 0 unspecified atom stereocenters. The molecule has 1 saturated carbocycles. The molecule has 51 heavy (non-hydrogen) atoms. The summed E-state index contributed by atoms with van der Waals surface area (Å²) in [5.74, 6) is -2.37.